The summed E-state index contributed by atoms with van der Waals surface area (Å²) in [6, 6.07) is 11.5. The molecule has 0 atom stereocenters. The van der Waals surface area contributed by atoms with E-state index in [9.17, 15) is 4.39 Å². The summed E-state index contributed by atoms with van der Waals surface area (Å²) in [5, 5.41) is 9.34. The normalized spacial score (nSPS) is 9.90. The first-order valence-corrected chi connectivity index (χ1v) is 6.17. The fraction of sp³-hybridized carbons (Fsp3) is 0.133. The van der Waals surface area contributed by atoms with Gasteiger partial charge in [0.25, 0.3) is 0 Å². The molecule has 2 aromatic rings. The van der Waals surface area contributed by atoms with Gasteiger partial charge in [0.15, 0.2) is 11.6 Å². The van der Waals surface area contributed by atoms with Gasteiger partial charge in [0.2, 0.25) is 0 Å². The highest BCUT2D eigenvalue weighted by atomic mass is 35.5. The zero-order valence-electron chi connectivity index (χ0n) is 10.7. The molecule has 0 aliphatic rings. The van der Waals surface area contributed by atoms with Gasteiger partial charge in [-0.25, -0.2) is 4.39 Å². The SMILES string of the molecule is COc1ccc(COc2cccc(Cl)c2C#N)cc1F. The van der Waals surface area contributed by atoms with Crippen molar-refractivity contribution in [1.82, 2.24) is 0 Å². The van der Waals surface area contributed by atoms with E-state index in [1.807, 2.05) is 6.07 Å². The number of hydrogen-bond donors (Lipinski definition) is 0. The first-order valence-electron chi connectivity index (χ1n) is 5.79. The van der Waals surface area contributed by atoms with Crippen LogP contribution in [0.5, 0.6) is 11.5 Å². The molecule has 0 spiro atoms. The molecule has 0 bridgehead atoms. The third kappa shape index (κ3) is 3.01. The van der Waals surface area contributed by atoms with Crippen LogP contribution in [0.25, 0.3) is 0 Å². The number of nitriles is 1. The monoisotopic (exact) mass is 291 g/mol. The molecule has 0 aliphatic heterocycles. The van der Waals surface area contributed by atoms with Gasteiger partial charge in [0, 0.05) is 0 Å². The summed E-state index contributed by atoms with van der Waals surface area (Å²) >= 11 is 5.90. The maximum atomic E-state index is 13.5. The molecule has 20 heavy (non-hydrogen) atoms. The molecular weight excluding hydrogens is 281 g/mol. The van der Waals surface area contributed by atoms with Gasteiger partial charge >= 0.3 is 0 Å². The van der Waals surface area contributed by atoms with Crippen LogP contribution >= 0.6 is 11.6 Å². The molecule has 0 unspecified atom stereocenters. The fourth-order valence-electron chi connectivity index (χ4n) is 1.69. The van der Waals surface area contributed by atoms with Gasteiger partial charge in [-0.15, -0.1) is 0 Å². The highest BCUT2D eigenvalue weighted by Gasteiger charge is 2.09. The van der Waals surface area contributed by atoms with Gasteiger partial charge in [-0.2, -0.15) is 5.26 Å². The topological polar surface area (TPSA) is 42.2 Å². The molecule has 0 N–H and O–H groups in total. The lowest BCUT2D eigenvalue weighted by Crippen LogP contribution is -1.99. The molecule has 0 fully saturated rings. The van der Waals surface area contributed by atoms with Crippen molar-refractivity contribution in [2.24, 2.45) is 0 Å². The number of rotatable bonds is 4. The molecule has 0 aliphatic carbocycles. The minimum atomic E-state index is -0.458. The van der Waals surface area contributed by atoms with Crippen molar-refractivity contribution >= 4 is 11.6 Å². The molecule has 2 aromatic carbocycles. The van der Waals surface area contributed by atoms with Gasteiger partial charge in [0.05, 0.1) is 12.1 Å². The number of ether oxygens (including phenoxy) is 2. The Labute approximate surface area is 121 Å². The highest BCUT2D eigenvalue weighted by Crippen LogP contribution is 2.26. The van der Waals surface area contributed by atoms with Crippen LogP contribution in [-0.4, -0.2) is 7.11 Å². The van der Waals surface area contributed by atoms with E-state index in [1.54, 1.807) is 24.3 Å². The summed E-state index contributed by atoms with van der Waals surface area (Å²) in [5.41, 5.74) is 0.898. The Morgan fingerprint density at radius 3 is 2.70 bits per heavy atom. The molecule has 2 rings (SSSR count). The number of hydrogen-bond acceptors (Lipinski definition) is 3. The van der Waals surface area contributed by atoms with Crippen molar-refractivity contribution in [3.8, 4) is 17.6 Å². The van der Waals surface area contributed by atoms with Gasteiger partial charge in [-0.3, -0.25) is 0 Å². The van der Waals surface area contributed by atoms with Crippen molar-refractivity contribution < 1.29 is 13.9 Å². The Kier molecular flexibility index (Phi) is 4.44. The molecule has 5 heteroatoms. The van der Waals surface area contributed by atoms with Crippen LogP contribution in [0.3, 0.4) is 0 Å². The van der Waals surface area contributed by atoms with Crippen LogP contribution in [0.4, 0.5) is 4.39 Å². The molecule has 0 saturated heterocycles. The van der Waals surface area contributed by atoms with E-state index >= 15 is 0 Å². The van der Waals surface area contributed by atoms with Crippen molar-refractivity contribution in [2.45, 2.75) is 6.61 Å². The second kappa shape index (κ2) is 6.27. The third-order valence-electron chi connectivity index (χ3n) is 2.70. The van der Waals surface area contributed by atoms with E-state index in [2.05, 4.69) is 0 Å². The number of methoxy groups -OCH3 is 1. The lowest BCUT2D eigenvalue weighted by molar-refractivity contribution is 0.304. The molecule has 0 aromatic heterocycles. The van der Waals surface area contributed by atoms with Gasteiger partial charge in [0.1, 0.15) is 24.0 Å². The van der Waals surface area contributed by atoms with Gasteiger partial charge in [-0.1, -0.05) is 23.7 Å². The molecule has 0 saturated carbocycles. The first-order chi connectivity index (χ1) is 9.65. The van der Waals surface area contributed by atoms with E-state index in [-0.39, 0.29) is 17.9 Å². The van der Waals surface area contributed by atoms with E-state index in [0.29, 0.717) is 16.3 Å². The number of nitrogens with zero attached hydrogens (tertiary/aromatic N) is 1. The summed E-state index contributed by atoms with van der Waals surface area (Å²) in [7, 11) is 1.40. The smallest absolute Gasteiger partial charge is 0.165 e. The van der Waals surface area contributed by atoms with Crippen LogP contribution in [0.1, 0.15) is 11.1 Å². The minimum Gasteiger partial charge on any atom is -0.494 e. The van der Waals surface area contributed by atoms with Gasteiger partial charge < -0.3 is 9.47 Å². The standard InChI is InChI=1S/C15H11ClFNO2/c1-19-15-6-5-10(7-13(15)17)9-20-14-4-2-3-12(16)11(14)8-18/h2-7H,9H2,1H3. The van der Waals surface area contributed by atoms with Crippen molar-refractivity contribution in [3.63, 3.8) is 0 Å². The molecule has 102 valence electrons. The summed E-state index contributed by atoms with van der Waals surface area (Å²) in [6.07, 6.45) is 0. The van der Waals surface area contributed by atoms with Gasteiger partial charge in [-0.05, 0) is 29.8 Å². The van der Waals surface area contributed by atoms with Crippen molar-refractivity contribution in [2.75, 3.05) is 7.11 Å². The van der Waals surface area contributed by atoms with E-state index in [4.69, 9.17) is 26.3 Å². The summed E-state index contributed by atoms with van der Waals surface area (Å²) in [5.74, 6) is 0.0886. The Balaban J connectivity index is 2.15. The largest absolute Gasteiger partial charge is 0.494 e. The highest BCUT2D eigenvalue weighted by molar-refractivity contribution is 6.31. The summed E-state index contributed by atoms with van der Waals surface area (Å²) in [4.78, 5) is 0. The predicted octanol–water partition coefficient (Wildman–Crippen LogP) is 3.94. The lowest BCUT2D eigenvalue weighted by atomic mass is 10.2. The van der Waals surface area contributed by atoms with E-state index < -0.39 is 5.82 Å². The Morgan fingerprint density at radius 1 is 1.25 bits per heavy atom. The van der Waals surface area contributed by atoms with E-state index in [1.165, 1.54) is 19.2 Å². The maximum Gasteiger partial charge on any atom is 0.165 e. The second-order valence-electron chi connectivity index (χ2n) is 3.98. The second-order valence-corrected chi connectivity index (χ2v) is 4.39. The Hall–Kier alpha value is -2.25. The zero-order chi connectivity index (χ0) is 14.5. The molecule has 3 nitrogen and oxygen atoms in total. The van der Waals surface area contributed by atoms with Crippen LogP contribution in [-0.2, 0) is 6.61 Å². The average molecular weight is 292 g/mol. The van der Waals surface area contributed by atoms with Crippen molar-refractivity contribution in [3.05, 3.63) is 58.4 Å². The average Bonchev–Trinajstić information content (AvgIpc) is 2.45. The lowest BCUT2D eigenvalue weighted by Gasteiger charge is -2.09. The number of benzene rings is 2. The minimum absolute atomic E-state index is 0.135. The summed E-state index contributed by atoms with van der Waals surface area (Å²) in [6.45, 7) is 0.135. The third-order valence-corrected chi connectivity index (χ3v) is 3.01. The maximum absolute atomic E-state index is 13.5. The summed E-state index contributed by atoms with van der Waals surface area (Å²) < 4.78 is 23.9. The predicted molar refractivity (Wildman–Crippen MR) is 73.5 cm³/mol. The first kappa shape index (κ1) is 14.2. The molecule has 0 amide bonds. The van der Waals surface area contributed by atoms with Crippen molar-refractivity contribution in [1.29, 1.82) is 5.26 Å². The molecule has 0 heterocycles. The van der Waals surface area contributed by atoms with Crippen LogP contribution in [0, 0.1) is 17.1 Å². The number of halogens is 2. The fourth-order valence-corrected chi connectivity index (χ4v) is 1.90. The Morgan fingerprint density at radius 2 is 2.05 bits per heavy atom. The van der Waals surface area contributed by atoms with E-state index in [0.717, 1.165) is 0 Å². The Bertz CT molecular complexity index is 667. The van der Waals surface area contributed by atoms with Crippen LogP contribution in [0.15, 0.2) is 36.4 Å². The quantitative estimate of drug-likeness (QED) is 0.857. The van der Waals surface area contributed by atoms with Crippen LogP contribution in [0.2, 0.25) is 5.02 Å². The van der Waals surface area contributed by atoms with Crippen LogP contribution < -0.4 is 9.47 Å². The zero-order valence-corrected chi connectivity index (χ0v) is 11.4. The molecule has 0 radical (unpaired) electrons. The molecular formula is C15H11ClFNO2.